The first-order valence-electron chi connectivity index (χ1n) is 3.08. The number of nitrogens with zero attached hydrogens (tertiary/aromatic N) is 1. The van der Waals surface area contributed by atoms with E-state index in [1.807, 2.05) is 0 Å². The van der Waals surface area contributed by atoms with Crippen molar-refractivity contribution in [3.8, 4) is 0 Å². The van der Waals surface area contributed by atoms with Gasteiger partial charge in [0.2, 0.25) is 5.91 Å². The molecule has 0 aliphatic carbocycles. The Morgan fingerprint density at radius 1 is 1.80 bits per heavy atom. The Bertz CT molecular complexity index is 178. The minimum Gasteiger partial charge on any atom is -0.481 e. The molecule has 0 aromatic rings. The van der Waals surface area contributed by atoms with E-state index in [0.29, 0.717) is 6.54 Å². The predicted molar refractivity (Wildman–Crippen MR) is 33.4 cm³/mol. The van der Waals surface area contributed by atoms with Gasteiger partial charge in [0.05, 0.1) is 5.92 Å². The van der Waals surface area contributed by atoms with Crippen molar-refractivity contribution in [2.24, 2.45) is 5.92 Å². The highest BCUT2D eigenvalue weighted by molar-refractivity contribution is 5.85. The summed E-state index contributed by atoms with van der Waals surface area (Å²) in [6.07, 6.45) is 0.159. The maximum atomic E-state index is 10.8. The fourth-order valence-electron chi connectivity index (χ4n) is 1.03. The molecule has 0 aromatic carbocycles. The zero-order chi connectivity index (χ0) is 7.72. The van der Waals surface area contributed by atoms with Crippen LogP contribution in [0.4, 0.5) is 0 Å². The maximum absolute atomic E-state index is 10.8. The Morgan fingerprint density at radius 2 is 2.40 bits per heavy atom. The Morgan fingerprint density at radius 3 is 2.60 bits per heavy atom. The van der Waals surface area contributed by atoms with Crippen LogP contribution in [0.25, 0.3) is 0 Å². The van der Waals surface area contributed by atoms with Gasteiger partial charge in [-0.2, -0.15) is 0 Å². The number of aliphatic carboxylic acids is 1. The Hall–Kier alpha value is -1.06. The number of hydrogen-bond acceptors (Lipinski definition) is 2. The predicted octanol–water partition coefficient (Wildman–Crippen LogP) is -0.451. The summed E-state index contributed by atoms with van der Waals surface area (Å²) in [5.41, 5.74) is 0. The number of carboxylic acids is 1. The molecule has 4 heteroatoms. The van der Waals surface area contributed by atoms with E-state index in [1.165, 1.54) is 4.90 Å². The topological polar surface area (TPSA) is 57.6 Å². The van der Waals surface area contributed by atoms with Crippen LogP contribution in [0.3, 0.4) is 0 Å². The lowest BCUT2D eigenvalue weighted by atomic mass is 10.1. The van der Waals surface area contributed by atoms with Crippen LogP contribution >= 0.6 is 0 Å². The Balaban J connectivity index is 2.57. The molecule has 1 aliphatic rings. The fraction of sp³-hybridized carbons (Fsp3) is 0.667. The van der Waals surface area contributed by atoms with Gasteiger partial charge in [0.15, 0.2) is 0 Å². The van der Waals surface area contributed by atoms with Crippen molar-refractivity contribution in [3.63, 3.8) is 0 Å². The van der Waals surface area contributed by atoms with E-state index in [9.17, 15) is 9.59 Å². The monoisotopic (exact) mass is 143 g/mol. The average Bonchev–Trinajstić information content (AvgIpc) is 2.13. The van der Waals surface area contributed by atoms with Crippen LogP contribution in [0.15, 0.2) is 0 Å². The van der Waals surface area contributed by atoms with Gasteiger partial charge in [0.1, 0.15) is 0 Å². The normalized spacial score (nSPS) is 25.5. The molecule has 1 saturated heterocycles. The van der Waals surface area contributed by atoms with Gasteiger partial charge < -0.3 is 10.0 Å². The van der Waals surface area contributed by atoms with E-state index in [-0.39, 0.29) is 12.3 Å². The van der Waals surface area contributed by atoms with Gasteiger partial charge in [-0.1, -0.05) is 0 Å². The molecule has 0 unspecified atom stereocenters. The minimum absolute atomic E-state index is 0.0765. The van der Waals surface area contributed by atoms with Crippen molar-refractivity contribution >= 4 is 11.9 Å². The highest BCUT2D eigenvalue weighted by atomic mass is 16.4. The second kappa shape index (κ2) is 2.28. The van der Waals surface area contributed by atoms with E-state index in [2.05, 4.69) is 0 Å². The molecule has 0 aromatic heterocycles. The van der Waals surface area contributed by atoms with Crippen molar-refractivity contribution in [3.05, 3.63) is 0 Å². The first-order chi connectivity index (χ1) is 4.61. The lowest BCUT2D eigenvalue weighted by Gasteiger charge is -2.05. The first kappa shape index (κ1) is 7.05. The van der Waals surface area contributed by atoms with Crippen LogP contribution in [0, 0.1) is 5.92 Å². The number of carbonyl (C=O) groups is 2. The number of likely N-dealkylation sites (tertiary alicyclic amines) is 1. The number of rotatable bonds is 1. The van der Waals surface area contributed by atoms with E-state index in [4.69, 9.17) is 5.11 Å². The van der Waals surface area contributed by atoms with E-state index < -0.39 is 11.9 Å². The number of carbonyl (C=O) groups excluding carboxylic acids is 1. The number of carboxylic acid groups (broad SMARTS) is 1. The Labute approximate surface area is 58.4 Å². The van der Waals surface area contributed by atoms with Crippen LogP contribution in [0.2, 0.25) is 0 Å². The molecule has 0 radical (unpaired) electrons. The Kier molecular flexibility index (Phi) is 1.61. The zero-order valence-electron chi connectivity index (χ0n) is 5.70. The number of amides is 1. The molecule has 1 fully saturated rings. The molecule has 1 heterocycles. The first-order valence-corrected chi connectivity index (χ1v) is 3.08. The van der Waals surface area contributed by atoms with Crippen molar-refractivity contribution in [2.45, 2.75) is 6.42 Å². The van der Waals surface area contributed by atoms with Crippen LogP contribution in [-0.4, -0.2) is 35.5 Å². The highest BCUT2D eigenvalue weighted by Gasteiger charge is 2.31. The van der Waals surface area contributed by atoms with Crippen molar-refractivity contribution in [1.82, 2.24) is 4.90 Å². The summed E-state index contributed by atoms with van der Waals surface area (Å²) >= 11 is 0. The lowest BCUT2D eigenvalue weighted by molar-refractivity contribution is -0.141. The summed E-state index contributed by atoms with van der Waals surface area (Å²) in [7, 11) is 1.62. The third-order valence-electron chi connectivity index (χ3n) is 1.69. The van der Waals surface area contributed by atoms with Gasteiger partial charge in [-0.3, -0.25) is 9.59 Å². The molecular weight excluding hydrogens is 134 g/mol. The van der Waals surface area contributed by atoms with Gasteiger partial charge in [-0.25, -0.2) is 0 Å². The highest BCUT2D eigenvalue weighted by Crippen LogP contribution is 2.15. The average molecular weight is 143 g/mol. The minimum atomic E-state index is -0.877. The number of hydrogen-bond donors (Lipinski definition) is 1. The quantitative estimate of drug-likeness (QED) is 0.540. The third kappa shape index (κ3) is 1.10. The molecule has 10 heavy (non-hydrogen) atoms. The second-order valence-corrected chi connectivity index (χ2v) is 2.51. The SMILES string of the molecule is CN1C[C@@H](C(=O)O)CC1=O. The molecular formula is C6H9NO3. The van der Waals surface area contributed by atoms with Gasteiger partial charge >= 0.3 is 5.97 Å². The summed E-state index contributed by atoms with van der Waals surface area (Å²) in [6, 6.07) is 0. The summed E-state index contributed by atoms with van der Waals surface area (Å²) in [5.74, 6) is -1.44. The molecule has 4 nitrogen and oxygen atoms in total. The zero-order valence-corrected chi connectivity index (χ0v) is 5.70. The summed E-state index contributed by atoms with van der Waals surface area (Å²) in [4.78, 5) is 22.5. The molecule has 0 spiro atoms. The van der Waals surface area contributed by atoms with Gasteiger partial charge in [0.25, 0.3) is 0 Å². The maximum Gasteiger partial charge on any atom is 0.308 e. The lowest BCUT2D eigenvalue weighted by Crippen LogP contribution is -2.20. The van der Waals surface area contributed by atoms with Gasteiger partial charge in [-0.05, 0) is 0 Å². The third-order valence-corrected chi connectivity index (χ3v) is 1.69. The van der Waals surface area contributed by atoms with Crippen LogP contribution in [-0.2, 0) is 9.59 Å². The van der Waals surface area contributed by atoms with Gasteiger partial charge in [-0.15, -0.1) is 0 Å². The van der Waals surface area contributed by atoms with Crippen LogP contribution in [0.5, 0.6) is 0 Å². The standard InChI is InChI=1S/C6H9NO3/c1-7-3-4(6(9)10)2-5(7)8/h4H,2-3H2,1H3,(H,9,10)/t4-/m0/s1. The molecule has 0 bridgehead atoms. The van der Waals surface area contributed by atoms with Crippen molar-refractivity contribution in [1.29, 1.82) is 0 Å². The molecule has 56 valence electrons. The largest absolute Gasteiger partial charge is 0.481 e. The molecule has 1 atom stereocenters. The second-order valence-electron chi connectivity index (χ2n) is 2.51. The van der Waals surface area contributed by atoms with E-state index in [1.54, 1.807) is 7.05 Å². The smallest absolute Gasteiger partial charge is 0.308 e. The molecule has 1 rings (SSSR count). The molecule has 1 amide bonds. The molecule has 0 saturated carbocycles. The van der Waals surface area contributed by atoms with E-state index >= 15 is 0 Å². The van der Waals surface area contributed by atoms with E-state index in [0.717, 1.165) is 0 Å². The summed E-state index contributed by atoms with van der Waals surface area (Å²) < 4.78 is 0. The van der Waals surface area contributed by atoms with Crippen molar-refractivity contribution in [2.75, 3.05) is 13.6 Å². The van der Waals surface area contributed by atoms with Crippen LogP contribution < -0.4 is 0 Å². The van der Waals surface area contributed by atoms with Gasteiger partial charge in [0, 0.05) is 20.0 Å². The van der Waals surface area contributed by atoms with Crippen molar-refractivity contribution < 1.29 is 14.7 Å². The molecule has 1 aliphatic heterocycles. The summed E-state index contributed by atoms with van der Waals surface area (Å²) in [5, 5.41) is 8.47. The van der Waals surface area contributed by atoms with Crippen LogP contribution in [0.1, 0.15) is 6.42 Å². The molecule has 1 N–H and O–H groups in total. The summed E-state index contributed by atoms with van der Waals surface area (Å²) in [6.45, 7) is 0.355. The fourth-order valence-corrected chi connectivity index (χ4v) is 1.03.